The van der Waals surface area contributed by atoms with E-state index in [-0.39, 0.29) is 50.7 Å². The minimum atomic E-state index is 0. The van der Waals surface area contributed by atoms with Gasteiger partial charge < -0.3 is 29.7 Å². The van der Waals surface area contributed by atoms with Gasteiger partial charge in [0.25, 0.3) is 0 Å². The van der Waals surface area contributed by atoms with Crippen molar-refractivity contribution < 1.29 is 50.7 Å². The van der Waals surface area contributed by atoms with Crippen molar-refractivity contribution >= 4 is 0 Å². The Morgan fingerprint density at radius 3 is 1.83 bits per heavy atom. The first kappa shape index (κ1) is 18.5. The fraction of sp³-hybridized carbons (Fsp3) is 0.375. The molecule has 0 radical (unpaired) electrons. The smallest absolute Gasteiger partial charge is 0 e. The molecule has 0 aliphatic heterocycles. The molecule has 1 nitrogen and oxygen atoms in total. The van der Waals surface area contributed by atoms with Gasteiger partial charge in [0.2, 0.25) is 0 Å². The topological polar surface area (TPSA) is 3.24 Å². The zero-order valence-electron chi connectivity index (χ0n) is 7.22. The summed E-state index contributed by atoms with van der Waals surface area (Å²) in [6.07, 6.45) is 0. The Bertz CT molecular complexity index is 164. The number of rotatable bonds is 2. The van der Waals surface area contributed by atoms with Crippen LogP contribution in [0.5, 0.6) is 0 Å². The second-order valence-corrected chi connectivity index (χ2v) is 2.53. The Balaban J connectivity index is -0.000000270. The van der Waals surface area contributed by atoms with Crippen LogP contribution in [0.1, 0.15) is 5.56 Å². The summed E-state index contributed by atoms with van der Waals surface area (Å²) in [7, 11) is 4.15. The van der Waals surface area contributed by atoms with Gasteiger partial charge in [0, 0.05) is 25.8 Å². The summed E-state index contributed by atoms with van der Waals surface area (Å²) in [4.78, 5) is 2.16. The predicted octanol–water partition coefficient (Wildman–Crippen LogP) is -4.53. The zero-order valence-corrected chi connectivity index (χ0v) is 12.3. The molecule has 0 bridgehead atoms. The van der Waals surface area contributed by atoms with Gasteiger partial charge in [0.1, 0.15) is 0 Å². The number of halogens is 2. The van der Waals surface area contributed by atoms with Gasteiger partial charge in [0.15, 0.2) is 0 Å². The molecule has 0 unspecified atom stereocenters. The largest absolute Gasteiger partial charge is 1.00 e. The Labute approximate surface area is 105 Å². The van der Waals surface area contributed by atoms with Gasteiger partial charge in [-0.3, -0.25) is 0 Å². The van der Waals surface area contributed by atoms with Gasteiger partial charge in [-0.1, -0.05) is 0 Å². The standard InChI is InChI=1S/C8H12N.2ClH.Hf/c1-9(2)7-8-5-3-4-6-8;;;/h3-6H,7H2,1-2H3;2*1H;/q-1;;;/p-2. The summed E-state index contributed by atoms with van der Waals surface area (Å²) in [5, 5.41) is 0. The molecule has 0 saturated heterocycles. The maximum Gasteiger partial charge on any atom is 0 e. The second-order valence-electron chi connectivity index (χ2n) is 2.53. The second kappa shape index (κ2) is 9.85. The van der Waals surface area contributed by atoms with Crippen LogP contribution in [0.4, 0.5) is 0 Å². The van der Waals surface area contributed by atoms with Crippen molar-refractivity contribution in [1.82, 2.24) is 4.90 Å². The average Bonchev–Trinajstić information content (AvgIpc) is 2.15. The third-order valence-corrected chi connectivity index (χ3v) is 1.23. The average molecular weight is 372 g/mol. The van der Waals surface area contributed by atoms with Crippen LogP contribution in [0.25, 0.3) is 0 Å². The quantitative estimate of drug-likeness (QED) is 0.374. The van der Waals surface area contributed by atoms with Crippen LogP contribution in [0, 0.1) is 0 Å². The Kier molecular flexibility index (Phi) is 15.2. The molecule has 12 heavy (non-hydrogen) atoms. The normalized spacial score (nSPS) is 7.92. The van der Waals surface area contributed by atoms with Crippen molar-refractivity contribution in [3.8, 4) is 0 Å². The zero-order chi connectivity index (χ0) is 6.69. The molecule has 0 saturated carbocycles. The molecule has 0 aliphatic carbocycles. The van der Waals surface area contributed by atoms with E-state index in [1.165, 1.54) is 5.56 Å². The van der Waals surface area contributed by atoms with Crippen LogP contribution in [0.15, 0.2) is 24.3 Å². The summed E-state index contributed by atoms with van der Waals surface area (Å²) < 4.78 is 0. The SMILES string of the molecule is CN(C)C[c-]1cccc1.[Cl-].[Cl-].[Hf]. The molecule has 0 amide bonds. The summed E-state index contributed by atoms with van der Waals surface area (Å²) in [5.41, 5.74) is 1.39. The summed E-state index contributed by atoms with van der Waals surface area (Å²) in [6, 6.07) is 8.41. The molecule has 70 valence electrons. The van der Waals surface area contributed by atoms with Gasteiger partial charge >= 0.3 is 0 Å². The molecule has 0 aromatic heterocycles. The Morgan fingerprint density at radius 2 is 1.50 bits per heavy atom. The maximum atomic E-state index is 2.16. The molecular weight excluding hydrogens is 359 g/mol. The van der Waals surface area contributed by atoms with Crippen LogP contribution in [0.3, 0.4) is 0 Å². The molecular formula is C8H12Cl2HfN-3. The van der Waals surface area contributed by atoms with Crippen molar-refractivity contribution in [3.63, 3.8) is 0 Å². The number of hydrogen-bond acceptors (Lipinski definition) is 1. The van der Waals surface area contributed by atoms with Gasteiger partial charge in [-0.2, -0.15) is 12.1 Å². The van der Waals surface area contributed by atoms with Crippen LogP contribution in [0.2, 0.25) is 0 Å². The predicted molar refractivity (Wildman–Crippen MR) is 39.4 cm³/mol. The molecule has 0 spiro atoms. The van der Waals surface area contributed by atoms with E-state index in [4.69, 9.17) is 0 Å². The van der Waals surface area contributed by atoms with Crippen molar-refractivity contribution in [2.75, 3.05) is 14.1 Å². The third-order valence-electron chi connectivity index (χ3n) is 1.23. The molecule has 1 aromatic carbocycles. The van der Waals surface area contributed by atoms with Gasteiger partial charge in [0.05, 0.1) is 0 Å². The summed E-state index contributed by atoms with van der Waals surface area (Å²) in [6.45, 7) is 1.05. The number of nitrogens with zero attached hydrogens (tertiary/aromatic N) is 1. The first-order valence-corrected chi connectivity index (χ1v) is 3.14. The van der Waals surface area contributed by atoms with E-state index in [0.29, 0.717) is 0 Å². The molecule has 0 N–H and O–H groups in total. The van der Waals surface area contributed by atoms with E-state index in [0.717, 1.165) is 6.54 Å². The Hall–Kier alpha value is 0.760. The van der Waals surface area contributed by atoms with E-state index in [2.05, 4.69) is 43.3 Å². The molecule has 4 heteroatoms. The fourth-order valence-electron chi connectivity index (χ4n) is 0.884. The third kappa shape index (κ3) is 7.41. The Morgan fingerprint density at radius 1 is 1.08 bits per heavy atom. The number of hydrogen-bond donors (Lipinski definition) is 0. The van der Waals surface area contributed by atoms with Gasteiger partial charge in [-0.05, 0) is 20.6 Å². The van der Waals surface area contributed by atoms with E-state index >= 15 is 0 Å². The van der Waals surface area contributed by atoms with Crippen molar-refractivity contribution in [2.24, 2.45) is 0 Å². The van der Waals surface area contributed by atoms with Crippen LogP contribution in [-0.2, 0) is 32.4 Å². The molecule has 1 aromatic rings. The van der Waals surface area contributed by atoms with E-state index in [1.54, 1.807) is 0 Å². The monoisotopic (exact) mass is 372 g/mol. The molecule has 0 fully saturated rings. The summed E-state index contributed by atoms with van der Waals surface area (Å²) in [5.74, 6) is 0. The van der Waals surface area contributed by atoms with Crippen molar-refractivity contribution in [2.45, 2.75) is 6.54 Å². The molecule has 0 heterocycles. The fourth-order valence-corrected chi connectivity index (χ4v) is 0.884. The minimum absolute atomic E-state index is 0. The van der Waals surface area contributed by atoms with Gasteiger partial charge in [-0.25, -0.2) is 12.1 Å². The van der Waals surface area contributed by atoms with Crippen LogP contribution >= 0.6 is 0 Å². The van der Waals surface area contributed by atoms with Crippen molar-refractivity contribution in [3.05, 3.63) is 29.8 Å². The minimum Gasteiger partial charge on any atom is -1.00 e. The van der Waals surface area contributed by atoms with E-state index in [1.807, 2.05) is 0 Å². The van der Waals surface area contributed by atoms with Gasteiger partial charge in [-0.15, -0.1) is 5.56 Å². The van der Waals surface area contributed by atoms with E-state index < -0.39 is 0 Å². The molecule has 0 aliphatic rings. The summed E-state index contributed by atoms with van der Waals surface area (Å²) >= 11 is 0. The molecule has 1 rings (SSSR count). The maximum absolute atomic E-state index is 2.16. The van der Waals surface area contributed by atoms with Crippen molar-refractivity contribution in [1.29, 1.82) is 0 Å². The van der Waals surface area contributed by atoms with Crippen LogP contribution < -0.4 is 24.8 Å². The first-order chi connectivity index (χ1) is 4.29. The molecule has 0 atom stereocenters. The first-order valence-electron chi connectivity index (χ1n) is 3.14. The van der Waals surface area contributed by atoms with E-state index in [9.17, 15) is 0 Å². The van der Waals surface area contributed by atoms with Crippen LogP contribution in [-0.4, -0.2) is 19.0 Å².